The van der Waals surface area contributed by atoms with Gasteiger partial charge in [-0.15, -0.1) is 0 Å². The van der Waals surface area contributed by atoms with E-state index in [9.17, 15) is 14.4 Å². The quantitative estimate of drug-likeness (QED) is 0.316. The van der Waals surface area contributed by atoms with E-state index in [-0.39, 0.29) is 22.8 Å². The number of para-hydroxylation sites is 1. The monoisotopic (exact) mass is 539 g/mol. The topological polar surface area (TPSA) is 105 Å². The smallest absolute Gasteiger partial charge is 0.295 e. The second kappa shape index (κ2) is 10.6. The largest absolute Gasteiger partial charge is 0.497 e. The van der Waals surface area contributed by atoms with Crippen molar-refractivity contribution >= 4 is 22.6 Å². The minimum atomic E-state index is -0.591. The van der Waals surface area contributed by atoms with Crippen molar-refractivity contribution in [3.63, 3.8) is 0 Å². The highest BCUT2D eigenvalue weighted by molar-refractivity contribution is 5.92. The van der Waals surface area contributed by atoms with Crippen LogP contribution in [0.4, 0.5) is 5.69 Å². The van der Waals surface area contributed by atoms with E-state index < -0.39 is 17.9 Å². The fourth-order valence-electron chi connectivity index (χ4n) is 4.52. The molecule has 0 bridgehead atoms. The van der Waals surface area contributed by atoms with Crippen molar-refractivity contribution in [3.8, 4) is 28.5 Å². The van der Waals surface area contributed by atoms with Gasteiger partial charge in [0.25, 0.3) is 11.5 Å². The highest BCUT2D eigenvalue weighted by Crippen LogP contribution is 2.33. The van der Waals surface area contributed by atoms with Gasteiger partial charge in [0.15, 0.2) is 12.4 Å². The van der Waals surface area contributed by atoms with Gasteiger partial charge in [-0.2, -0.15) is 0 Å². The first-order valence-corrected chi connectivity index (χ1v) is 12.7. The Morgan fingerprint density at radius 3 is 2.30 bits per heavy atom. The summed E-state index contributed by atoms with van der Waals surface area (Å²) in [5.41, 5.74) is 3.48. The van der Waals surface area contributed by atoms with Crippen LogP contribution in [-0.4, -0.2) is 29.0 Å². The van der Waals surface area contributed by atoms with Crippen LogP contribution in [-0.2, 0) is 11.8 Å². The summed E-state index contributed by atoms with van der Waals surface area (Å²) in [6.07, 6.45) is 0. The van der Waals surface area contributed by atoms with Crippen molar-refractivity contribution in [1.82, 2.24) is 9.36 Å². The third-order valence-electron chi connectivity index (χ3n) is 6.98. The third-order valence-corrected chi connectivity index (χ3v) is 6.98. The van der Waals surface area contributed by atoms with E-state index in [2.05, 4.69) is 5.32 Å². The molecule has 0 atom stereocenters. The molecule has 5 rings (SSSR count). The van der Waals surface area contributed by atoms with Crippen LogP contribution in [0, 0.1) is 20.8 Å². The van der Waals surface area contributed by atoms with Gasteiger partial charge in [0, 0.05) is 12.6 Å². The molecule has 9 nitrogen and oxygen atoms in total. The summed E-state index contributed by atoms with van der Waals surface area (Å²) in [4.78, 5) is 39.8. The lowest BCUT2D eigenvalue weighted by Gasteiger charge is -2.13. The molecule has 2 heterocycles. The molecule has 2 aromatic heterocycles. The number of hydrogen-bond donors (Lipinski definition) is 1. The van der Waals surface area contributed by atoms with Crippen LogP contribution in [0.15, 0.2) is 80.7 Å². The zero-order valence-electron chi connectivity index (χ0n) is 22.9. The van der Waals surface area contributed by atoms with Crippen molar-refractivity contribution < 1.29 is 18.7 Å². The van der Waals surface area contributed by atoms with E-state index in [1.807, 2.05) is 38.1 Å². The number of methoxy groups -OCH3 is 1. The molecule has 0 fully saturated rings. The second-order valence-electron chi connectivity index (χ2n) is 9.52. The number of anilines is 1. The first kappa shape index (κ1) is 26.6. The SMILES string of the molecule is COc1ccc(-c2oc3cc(C)c(C)cc3c(=O)c2OCC(=O)Nc2c(C)n(C)n(-c3ccccc3)c2=O)cc1. The maximum Gasteiger partial charge on any atom is 0.295 e. The average Bonchev–Trinajstić information content (AvgIpc) is 3.16. The molecule has 0 aliphatic carbocycles. The Morgan fingerprint density at radius 1 is 0.950 bits per heavy atom. The molecule has 0 unspecified atom stereocenters. The molecule has 0 saturated carbocycles. The van der Waals surface area contributed by atoms with Crippen LogP contribution in [0.2, 0.25) is 0 Å². The molecule has 9 heteroatoms. The first-order chi connectivity index (χ1) is 19.2. The Labute approximate surface area is 230 Å². The number of aryl methyl sites for hydroxylation is 2. The Bertz CT molecular complexity index is 1850. The number of hydrogen-bond acceptors (Lipinski definition) is 6. The van der Waals surface area contributed by atoms with Crippen LogP contribution < -0.4 is 25.8 Å². The Kier molecular flexibility index (Phi) is 7.04. The van der Waals surface area contributed by atoms with Gasteiger partial charge in [0.05, 0.1) is 23.9 Å². The predicted octanol–water partition coefficient (Wildman–Crippen LogP) is 4.90. The molecular formula is C31H29N3O6. The number of nitrogens with zero attached hydrogens (tertiary/aromatic N) is 2. The summed E-state index contributed by atoms with van der Waals surface area (Å²) in [5.74, 6) is 0.145. The van der Waals surface area contributed by atoms with E-state index in [0.29, 0.717) is 33.7 Å². The second-order valence-corrected chi connectivity index (χ2v) is 9.52. The van der Waals surface area contributed by atoms with Gasteiger partial charge in [-0.05, 0) is 80.4 Å². The molecule has 5 aromatic rings. The highest BCUT2D eigenvalue weighted by atomic mass is 16.5. The van der Waals surface area contributed by atoms with Crippen molar-refractivity contribution in [2.75, 3.05) is 19.0 Å². The summed E-state index contributed by atoms with van der Waals surface area (Å²) in [7, 11) is 3.30. The molecule has 0 saturated heterocycles. The minimum absolute atomic E-state index is 0.0949. The summed E-state index contributed by atoms with van der Waals surface area (Å²) < 4.78 is 20.4. The minimum Gasteiger partial charge on any atom is -0.497 e. The summed E-state index contributed by atoms with van der Waals surface area (Å²) in [6, 6.07) is 19.7. The standard InChI is InChI=1S/C31H29N3O6/c1-18-15-24-25(16-19(18)2)40-29(21-11-13-23(38-5)14-12-21)30(28(24)36)39-17-26(35)32-27-20(3)33(4)34(31(27)37)22-9-7-6-8-10-22/h6-16H,17H2,1-5H3,(H,32,35). The van der Waals surface area contributed by atoms with Crippen molar-refractivity contribution in [3.05, 3.63) is 104 Å². The average molecular weight is 540 g/mol. The van der Waals surface area contributed by atoms with Gasteiger partial charge in [0.2, 0.25) is 11.2 Å². The molecule has 40 heavy (non-hydrogen) atoms. The van der Waals surface area contributed by atoms with Crippen molar-refractivity contribution in [2.24, 2.45) is 7.05 Å². The summed E-state index contributed by atoms with van der Waals surface area (Å²) in [5, 5.41) is 3.01. The van der Waals surface area contributed by atoms with E-state index in [1.165, 1.54) is 4.68 Å². The Morgan fingerprint density at radius 2 is 1.62 bits per heavy atom. The Balaban J connectivity index is 1.49. The lowest BCUT2D eigenvalue weighted by molar-refractivity contribution is -0.118. The van der Waals surface area contributed by atoms with Crippen molar-refractivity contribution in [2.45, 2.75) is 20.8 Å². The normalized spacial score (nSPS) is 11.0. The molecule has 204 valence electrons. The fraction of sp³-hybridized carbons (Fsp3) is 0.194. The molecule has 0 spiro atoms. The maximum atomic E-state index is 13.6. The fourth-order valence-corrected chi connectivity index (χ4v) is 4.52. The molecular weight excluding hydrogens is 510 g/mol. The number of aromatic nitrogens is 2. The van der Waals surface area contributed by atoms with E-state index >= 15 is 0 Å². The molecule has 0 radical (unpaired) electrons. The van der Waals surface area contributed by atoms with Crippen LogP contribution in [0.3, 0.4) is 0 Å². The van der Waals surface area contributed by atoms with Crippen LogP contribution in [0.25, 0.3) is 28.0 Å². The van der Waals surface area contributed by atoms with E-state index in [1.54, 1.807) is 68.2 Å². The lowest BCUT2D eigenvalue weighted by Crippen LogP contribution is -2.26. The number of carbonyl (C=O) groups excluding carboxylic acids is 1. The predicted molar refractivity (Wildman–Crippen MR) is 154 cm³/mol. The molecule has 3 aromatic carbocycles. The van der Waals surface area contributed by atoms with Gasteiger partial charge in [-0.1, -0.05) is 18.2 Å². The summed E-state index contributed by atoms with van der Waals surface area (Å²) in [6.45, 7) is 5.07. The van der Waals surface area contributed by atoms with Gasteiger partial charge in [-0.25, -0.2) is 4.68 Å². The van der Waals surface area contributed by atoms with E-state index in [0.717, 1.165) is 11.1 Å². The maximum absolute atomic E-state index is 13.6. The first-order valence-electron chi connectivity index (χ1n) is 12.7. The number of rotatable bonds is 7. The number of carbonyl (C=O) groups is 1. The van der Waals surface area contributed by atoms with Crippen LogP contribution in [0.5, 0.6) is 11.5 Å². The molecule has 1 amide bonds. The number of ether oxygens (including phenoxy) is 2. The molecule has 0 aliphatic rings. The number of amides is 1. The lowest BCUT2D eigenvalue weighted by atomic mass is 10.0. The van der Waals surface area contributed by atoms with Gasteiger partial charge in [0.1, 0.15) is 17.0 Å². The number of benzene rings is 3. The van der Waals surface area contributed by atoms with Gasteiger partial charge >= 0.3 is 0 Å². The molecule has 1 N–H and O–H groups in total. The summed E-state index contributed by atoms with van der Waals surface area (Å²) >= 11 is 0. The third kappa shape index (κ3) is 4.77. The number of fused-ring (bicyclic) bond motifs is 1. The van der Waals surface area contributed by atoms with Gasteiger partial charge < -0.3 is 19.2 Å². The number of nitrogens with one attached hydrogen (secondary N) is 1. The van der Waals surface area contributed by atoms with E-state index in [4.69, 9.17) is 13.9 Å². The van der Waals surface area contributed by atoms with Crippen molar-refractivity contribution in [1.29, 1.82) is 0 Å². The highest BCUT2D eigenvalue weighted by Gasteiger charge is 2.22. The van der Waals surface area contributed by atoms with Gasteiger partial charge in [-0.3, -0.25) is 19.1 Å². The Hall–Kier alpha value is -5.05. The van der Waals surface area contributed by atoms with Crippen LogP contribution >= 0.6 is 0 Å². The molecule has 0 aliphatic heterocycles. The zero-order valence-corrected chi connectivity index (χ0v) is 22.9. The van der Waals surface area contributed by atoms with Crippen LogP contribution in [0.1, 0.15) is 16.8 Å². The zero-order chi connectivity index (χ0) is 28.6.